The lowest BCUT2D eigenvalue weighted by Crippen LogP contribution is -2.43. The molecule has 19 heavy (non-hydrogen) atoms. The number of alkyl halides is 3. The second kappa shape index (κ2) is 6.72. The van der Waals surface area contributed by atoms with Crippen molar-refractivity contribution in [3.05, 3.63) is 34.3 Å². The normalized spacial score (nSPS) is 15.6. The van der Waals surface area contributed by atoms with E-state index in [0.29, 0.717) is 0 Å². The Morgan fingerprint density at radius 1 is 1.37 bits per heavy atom. The first-order valence-corrected chi connectivity index (χ1v) is 6.85. The second-order valence-electron chi connectivity index (χ2n) is 4.54. The van der Waals surface area contributed by atoms with E-state index in [-0.39, 0.29) is 6.54 Å². The van der Waals surface area contributed by atoms with E-state index in [1.807, 2.05) is 12.1 Å². The molecular formula is C13H18BrF3N2. The molecule has 0 fully saturated rings. The van der Waals surface area contributed by atoms with Crippen molar-refractivity contribution in [1.82, 2.24) is 4.90 Å². The highest BCUT2D eigenvalue weighted by atomic mass is 79.9. The topological polar surface area (TPSA) is 29.3 Å². The summed E-state index contributed by atoms with van der Waals surface area (Å²) in [5.74, 6) is 0. The Kier molecular flexibility index (Phi) is 5.82. The van der Waals surface area contributed by atoms with Crippen LogP contribution in [-0.2, 0) is 0 Å². The van der Waals surface area contributed by atoms with E-state index in [1.165, 1.54) is 4.90 Å². The summed E-state index contributed by atoms with van der Waals surface area (Å²) >= 11 is 3.33. The van der Waals surface area contributed by atoms with Crippen molar-refractivity contribution in [3.8, 4) is 0 Å². The van der Waals surface area contributed by atoms with E-state index in [1.54, 1.807) is 26.0 Å². The van der Waals surface area contributed by atoms with Crippen LogP contribution in [0.15, 0.2) is 28.7 Å². The van der Waals surface area contributed by atoms with Gasteiger partial charge < -0.3 is 5.73 Å². The number of likely N-dealkylation sites (N-methyl/N-ethyl adjacent to an activating group) is 1. The first-order chi connectivity index (χ1) is 8.74. The van der Waals surface area contributed by atoms with Crippen molar-refractivity contribution < 1.29 is 13.2 Å². The molecule has 6 heteroatoms. The van der Waals surface area contributed by atoms with Gasteiger partial charge >= 0.3 is 6.18 Å². The Balaban J connectivity index is 3.05. The van der Waals surface area contributed by atoms with Crippen molar-refractivity contribution in [2.24, 2.45) is 5.73 Å². The van der Waals surface area contributed by atoms with Crippen LogP contribution < -0.4 is 5.73 Å². The average Bonchev–Trinajstić information content (AvgIpc) is 2.26. The molecule has 2 atom stereocenters. The number of hydrogen-bond acceptors (Lipinski definition) is 2. The Hall–Kier alpha value is -0.590. The van der Waals surface area contributed by atoms with Crippen LogP contribution in [0.2, 0.25) is 0 Å². The van der Waals surface area contributed by atoms with E-state index in [0.717, 1.165) is 10.0 Å². The molecule has 0 saturated carbocycles. The molecule has 1 aromatic rings. The van der Waals surface area contributed by atoms with Crippen LogP contribution in [0.25, 0.3) is 0 Å². The largest absolute Gasteiger partial charge is 0.401 e. The van der Waals surface area contributed by atoms with Crippen LogP contribution >= 0.6 is 15.9 Å². The van der Waals surface area contributed by atoms with Gasteiger partial charge in [-0.05, 0) is 31.2 Å². The lowest BCUT2D eigenvalue weighted by molar-refractivity contribution is -0.151. The van der Waals surface area contributed by atoms with E-state index in [9.17, 15) is 13.2 Å². The van der Waals surface area contributed by atoms with Gasteiger partial charge in [-0.1, -0.05) is 35.0 Å². The summed E-state index contributed by atoms with van der Waals surface area (Å²) in [6.45, 7) is 2.77. The van der Waals surface area contributed by atoms with Gasteiger partial charge in [-0.2, -0.15) is 13.2 Å². The predicted molar refractivity (Wildman–Crippen MR) is 73.8 cm³/mol. The molecule has 2 unspecified atom stereocenters. The lowest BCUT2D eigenvalue weighted by atomic mass is 9.99. The Labute approximate surface area is 119 Å². The third kappa shape index (κ3) is 5.12. The van der Waals surface area contributed by atoms with Crippen LogP contribution in [0.5, 0.6) is 0 Å². The first-order valence-electron chi connectivity index (χ1n) is 6.06. The molecule has 0 aliphatic rings. The molecule has 0 aliphatic heterocycles. The fourth-order valence-electron chi connectivity index (χ4n) is 2.17. The molecule has 0 heterocycles. The molecule has 0 spiro atoms. The molecule has 0 saturated heterocycles. The molecule has 0 aromatic heterocycles. The van der Waals surface area contributed by atoms with Crippen molar-refractivity contribution in [2.45, 2.75) is 32.1 Å². The smallest absolute Gasteiger partial charge is 0.326 e. The van der Waals surface area contributed by atoms with Crippen molar-refractivity contribution in [2.75, 3.05) is 13.1 Å². The summed E-state index contributed by atoms with van der Waals surface area (Å²) in [6, 6.07) is 6.41. The summed E-state index contributed by atoms with van der Waals surface area (Å²) in [5.41, 5.74) is 6.68. The highest BCUT2D eigenvalue weighted by Gasteiger charge is 2.34. The average molecular weight is 339 g/mol. The van der Waals surface area contributed by atoms with Crippen molar-refractivity contribution in [1.29, 1.82) is 0 Å². The van der Waals surface area contributed by atoms with Gasteiger partial charge in [0.15, 0.2) is 0 Å². The first kappa shape index (κ1) is 16.5. The number of hydrogen-bond donors (Lipinski definition) is 1. The van der Waals surface area contributed by atoms with Gasteiger partial charge in [0.2, 0.25) is 0 Å². The molecule has 2 N–H and O–H groups in total. The molecule has 1 rings (SSSR count). The van der Waals surface area contributed by atoms with E-state index in [4.69, 9.17) is 5.73 Å². The zero-order valence-corrected chi connectivity index (χ0v) is 12.5. The Bertz CT molecular complexity index is 407. The summed E-state index contributed by atoms with van der Waals surface area (Å²) in [5, 5.41) is 0. The number of benzene rings is 1. The van der Waals surface area contributed by atoms with E-state index >= 15 is 0 Å². The SMILES string of the molecule is CCN(CC(F)(F)F)C(c1cccc(Br)c1)C(C)N. The maximum atomic E-state index is 12.6. The molecule has 0 amide bonds. The van der Waals surface area contributed by atoms with Gasteiger partial charge in [-0.25, -0.2) is 0 Å². The van der Waals surface area contributed by atoms with Gasteiger partial charge in [0.1, 0.15) is 0 Å². The van der Waals surface area contributed by atoms with Crippen LogP contribution in [0.1, 0.15) is 25.5 Å². The second-order valence-corrected chi connectivity index (χ2v) is 5.45. The Morgan fingerprint density at radius 2 is 2.00 bits per heavy atom. The summed E-state index contributed by atoms with van der Waals surface area (Å²) in [4.78, 5) is 1.35. The molecule has 0 bridgehead atoms. The zero-order chi connectivity index (χ0) is 14.6. The maximum absolute atomic E-state index is 12.6. The number of nitrogens with zero attached hydrogens (tertiary/aromatic N) is 1. The van der Waals surface area contributed by atoms with Gasteiger partial charge in [0.05, 0.1) is 6.54 Å². The summed E-state index contributed by atoms with van der Waals surface area (Å²) in [6.07, 6.45) is -4.23. The van der Waals surface area contributed by atoms with Crippen LogP contribution in [0.4, 0.5) is 13.2 Å². The van der Waals surface area contributed by atoms with Gasteiger partial charge in [0, 0.05) is 16.6 Å². The highest BCUT2D eigenvalue weighted by molar-refractivity contribution is 9.10. The third-order valence-corrected chi connectivity index (χ3v) is 3.36. The minimum absolute atomic E-state index is 0.290. The zero-order valence-electron chi connectivity index (χ0n) is 10.9. The molecule has 0 radical (unpaired) electrons. The summed E-state index contributed by atoms with van der Waals surface area (Å²) < 4.78 is 38.7. The fraction of sp³-hybridized carbons (Fsp3) is 0.538. The standard InChI is InChI=1S/C13H18BrF3N2/c1-3-19(8-13(15,16)17)12(9(2)18)10-5-4-6-11(14)7-10/h4-7,9,12H,3,8,18H2,1-2H3. The van der Waals surface area contributed by atoms with Crippen LogP contribution in [0.3, 0.4) is 0 Å². The monoisotopic (exact) mass is 338 g/mol. The van der Waals surface area contributed by atoms with Gasteiger partial charge in [0.25, 0.3) is 0 Å². The van der Waals surface area contributed by atoms with Crippen molar-refractivity contribution in [3.63, 3.8) is 0 Å². The molecule has 108 valence electrons. The fourth-order valence-corrected chi connectivity index (χ4v) is 2.59. The highest BCUT2D eigenvalue weighted by Crippen LogP contribution is 2.29. The maximum Gasteiger partial charge on any atom is 0.401 e. The minimum Gasteiger partial charge on any atom is -0.326 e. The van der Waals surface area contributed by atoms with Gasteiger partial charge in [-0.3, -0.25) is 4.90 Å². The Morgan fingerprint density at radius 3 is 2.42 bits per heavy atom. The summed E-state index contributed by atoms with van der Waals surface area (Å²) in [7, 11) is 0. The van der Waals surface area contributed by atoms with E-state index in [2.05, 4.69) is 15.9 Å². The van der Waals surface area contributed by atoms with Crippen LogP contribution in [0, 0.1) is 0 Å². The molecule has 1 aromatic carbocycles. The lowest BCUT2D eigenvalue weighted by Gasteiger charge is -2.34. The molecule has 2 nitrogen and oxygen atoms in total. The third-order valence-electron chi connectivity index (χ3n) is 2.87. The molecular weight excluding hydrogens is 321 g/mol. The number of halogens is 4. The predicted octanol–water partition coefficient (Wildman–Crippen LogP) is 3.72. The minimum atomic E-state index is -4.23. The number of nitrogens with two attached hydrogens (primary N) is 1. The quantitative estimate of drug-likeness (QED) is 0.886. The number of rotatable bonds is 5. The van der Waals surface area contributed by atoms with Crippen LogP contribution in [-0.4, -0.2) is 30.2 Å². The van der Waals surface area contributed by atoms with Crippen molar-refractivity contribution >= 4 is 15.9 Å². The van der Waals surface area contributed by atoms with E-state index < -0.39 is 24.8 Å². The van der Waals surface area contributed by atoms with Gasteiger partial charge in [-0.15, -0.1) is 0 Å². The molecule has 0 aliphatic carbocycles.